The van der Waals surface area contributed by atoms with Gasteiger partial charge in [-0.3, -0.25) is 14.9 Å². The third-order valence-electron chi connectivity index (χ3n) is 7.42. The molecule has 1 heterocycles. The fraction of sp³-hybridized carbons (Fsp3) is 0.222. The first-order valence-electron chi connectivity index (χ1n) is 15.1. The third-order valence-corrected chi connectivity index (χ3v) is 7.73. The number of rotatable bonds is 12. The molecule has 4 aromatic carbocycles. The monoisotopic (exact) mass is 654 g/mol. The van der Waals surface area contributed by atoms with E-state index in [1.165, 1.54) is 0 Å². The van der Waals surface area contributed by atoms with E-state index in [1.54, 1.807) is 78.6 Å². The molecule has 0 radical (unpaired) electrons. The molecular formula is C36H35ClN4O6. The summed E-state index contributed by atoms with van der Waals surface area (Å²) in [5, 5.41) is 3.13. The number of amides is 2. The molecule has 0 spiro atoms. The molecule has 0 bridgehead atoms. The number of fused-ring (bicyclic) bond motifs is 1. The largest absolute Gasteiger partial charge is 0.497 e. The fourth-order valence-corrected chi connectivity index (χ4v) is 5.11. The summed E-state index contributed by atoms with van der Waals surface area (Å²) in [4.78, 5) is 47.0. The SMILES string of the molecule is COc1ccc(C(=O)NC2=Nc3cccc(OCCCC(=O)N(C)Cc4ccccc4)c3CN2CC(=O)Oc2ccccc2Cl)cc1. The smallest absolute Gasteiger partial charge is 0.331 e. The van der Waals surface area contributed by atoms with Crippen LogP contribution in [0.3, 0.4) is 0 Å². The number of nitrogens with zero attached hydrogens (tertiary/aromatic N) is 3. The third kappa shape index (κ3) is 8.89. The second-order valence-electron chi connectivity index (χ2n) is 10.8. The first-order chi connectivity index (χ1) is 22.8. The number of ether oxygens (including phenoxy) is 3. The number of methoxy groups -OCH3 is 1. The zero-order chi connectivity index (χ0) is 33.2. The highest BCUT2D eigenvalue weighted by Crippen LogP contribution is 2.34. The van der Waals surface area contributed by atoms with Gasteiger partial charge in [0.05, 0.1) is 31.0 Å². The molecule has 0 saturated carbocycles. The number of hydrogen-bond donors (Lipinski definition) is 1. The Balaban J connectivity index is 1.28. The topological polar surface area (TPSA) is 110 Å². The van der Waals surface area contributed by atoms with Crippen LogP contribution in [0.2, 0.25) is 5.02 Å². The van der Waals surface area contributed by atoms with Crippen LogP contribution in [0.15, 0.2) is 102 Å². The number of para-hydroxylation sites is 1. The highest BCUT2D eigenvalue weighted by atomic mass is 35.5. The zero-order valence-electron chi connectivity index (χ0n) is 26.1. The summed E-state index contributed by atoms with van der Waals surface area (Å²) in [6.07, 6.45) is 0.847. The summed E-state index contributed by atoms with van der Waals surface area (Å²) in [5.74, 6) is 0.617. The minimum absolute atomic E-state index is 0.0255. The lowest BCUT2D eigenvalue weighted by atomic mass is 10.1. The molecular weight excluding hydrogens is 620 g/mol. The Morgan fingerprint density at radius 3 is 2.38 bits per heavy atom. The lowest BCUT2D eigenvalue weighted by Crippen LogP contribution is -2.47. The molecule has 5 rings (SSSR count). The van der Waals surface area contributed by atoms with E-state index < -0.39 is 11.9 Å². The van der Waals surface area contributed by atoms with E-state index in [-0.39, 0.29) is 30.7 Å². The first-order valence-corrected chi connectivity index (χ1v) is 15.5. The van der Waals surface area contributed by atoms with Crippen molar-refractivity contribution in [3.05, 3.63) is 119 Å². The minimum Gasteiger partial charge on any atom is -0.497 e. The highest BCUT2D eigenvalue weighted by Gasteiger charge is 2.27. The Morgan fingerprint density at radius 2 is 1.64 bits per heavy atom. The van der Waals surface area contributed by atoms with Crippen molar-refractivity contribution in [2.24, 2.45) is 4.99 Å². The molecule has 4 aromatic rings. The van der Waals surface area contributed by atoms with Gasteiger partial charge in [0, 0.05) is 31.1 Å². The number of halogens is 1. The molecule has 0 atom stereocenters. The predicted octanol–water partition coefficient (Wildman–Crippen LogP) is 6.00. The van der Waals surface area contributed by atoms with Crippen molar-refractivity contribution in [1.82, 2.24) is 15.1 Å². The number of guanidine groups is 1. The predicted molar refractivity (Wildman–Crippen MR) is 179 cm³/mol. The van der Waals surface area contributed by atoms with Crippen LogP contribution in [0, 0.1) is 0 Å². The quantitative estimate of drug-likeness (QED) is 0.113. The molecule has 0 aliphatic carbocycles. The van der Waals surface area contributed by atoms with Gasteiger partial charge in [0.15, 0.2) is 0 Å². The number of esters is 1. The van der Waals surface area contributed by atoms with Crippen molar-refractivity contribution < 1.29 is 28.6 Å². The van der Waals surface area contributed by atoms with Crippen LogP contribution in [0.4, 0.5) is 5.69 Å². The number of carbonyl (C=O) groups is 3. The zero-order valence-corrected chi connectivity index (χ0v) is 26.9. The second kappa shape index (κ2) is 15.8. The maximum atomic E-state index is 13.2. The van der Waals surface area contributed by atoms with Gasteiger partial charge in [-0.15, -0.1) is 0 Å². The maximum absolute atomic E-state index is 13.2. The molecule has 0 aromatic heterocycles. The van der Waals surface area contributed by atoms with Gasteiger partial charge in [-0.1, -0.05) is 60.1 Å². The Morgan fingerprint density at radius 1 is 0.915 bits per heavy atom. The van der Waals surface area contributed by atoms with Gasteiger partial charge in [-0.25, -0.2) is 9.79 Å². The summed E-state index contributed by atoms with van der Waals surface area (Å²) in [5.41, 5.74) is 2.77. The molecule has 11 heteroatoms. The summed E-state index contributed by atoms with van der Waals surface area (Å²) in [6.45, 7) is 0.810. The number of benzene rings is 4. The molecule has 0 saturated heterocycles. The summed E-state index contributed by atoms with van der Waals surface area (Å²) >= 11 is 6.20. The molecule has 0 fully saturated rings. The average molecular weight is 655 g/mol. The van der Waals surface area contributed by atoms with Gasteiger partial charge in [0.25, 0.3) is 5.91 Å². The molecule has 10 nitrogen and oxygen atoms in total. The van der Waals surface area contributed by atoms with Crippen LogP contribution in [0.5, 0.6) is 17.2 Å². The van der Waals surface area contributed by atoms with Crippen LogP contribution in [-0.4, -0.2) is 60.9 Å². The van der Waals surface area contributed by atoms with E-state index in [9.17, 15) is 14.4 Å². The number of carbonyl (C=O) groups excluding carboxylic acids is 3. The summed E-state index contributed by atoms with van der Waals surface area (Å²) < 4.78 is 16.8. The van der Waals surface area contributed by atoms with Crippen LogP contribution < -0.4 is 19.5 Å². The first kappa shape index (κ1) is 33.0. The molecule has 1 aliphatic rings. The summed E-state index contributed by atoms with van der Waals surface area (Å²) in [7, 11) is 3.34. The van der Waals surface area contributed by atoms with E-state index in [4.69, 9.17) is 30.8 Å². The van der Waals surface area contributed by atoms with Gasteiger partial charge >= 0.3 is 5.97 Å². The normalized spacial score (nSPS) is 12.0. The van der Waals surface area contributed by atoms with Gasteiger partial charge in [0.1, 0.15) is 23.8 Å². The van der Waals surface area contributed by atoms with Crippen molar-refractivity contribution in [3.63, 3.8) is 0 Å². The van der Waals surface area contributed by atoms with Crippen LogP contribution >= 0.6 is 11.6 Å². The lowest BCUT2D eigenvalue weighted by Gasteiger charge is -2.30. The Labute approximate surface area is 278 Å². The number of nitrogens with one attached hydrogen (secondary N) is 1. The number of aliphatic imine (C=N–C) groups is 1. The number of hydrogen-bond acceptors (Lipinski definition) is 8. The molecule has 1 aliphatic heterocycles. The second-order valence-corrected chi connectivity index (χ2v) is 11.2. The Bertz CT molecular complexity index is 1750. The lowest BCUT2D eigenvalue weighted by molar-refractivity contribution is -0.135. The minimum atomic E-state index is -0.593. The molecule has 242 valence electrons. The van der Waals surface area contributed by atoms with E-state index >= 15 is 0 Å². The van der Waals surface area contributed by atoms with E-state index in [0.717, 1.165) is 11.1 Å². The molecule has 1 N–H and O–H groups in total. The molecule has 0 unspecified atom stereocenters. The summed E-state index contributed by atoms with van der Waals surface area (Å²) in [6, 6.07) is 28.6. The Hall–Kier alpha value is -5.35. The highest BCUT2D eigenvalue weighted by molar-refractivity contribution is 6.32. The van der Waals surface area contributed by atoms with E-state index in [1.807, 2.05) is 42.5 Å². The van der Waals surface area contributed by atoms with Crippen molar-refractivity contribution in [3.8, 4) is 17.2 Å². The van der Waals surface area contributed by atoms with Crippen molar-refractivity contribution in [2.75, 3.05) is 27.3 Å². The molecule has 2 amide bonds. The van der Waals surface area contributed by atoms with Crippen LogP contribution in [0.25, 0.3) is 0 Å². The van der Waals surface area contributed by atoms with Crippen LogP contribution in [0.1, 0.15) is 34.3 Å². The van der Waals surface area contributed by atoms with Crippen molar-refractivity contribution >= 4 is 41.0 Å². The van der Waals surface area contributed by atoms with E-state index in [2.05, 4.69) is 5.32 Å². The average Bonchev–Trinajstić information content (AvgIpc) is 3.08. The standard InChI is InChI=1S/C36H35ClN4O6/c1-40(22-25-10-4-3-5-11-25)33(42)16-9-21-46-31-15-8-13-30-28(31)23-41(24-34(43)47-32-14-7-6-12-29(32)37)36(38-30)39-35(44)26-17-19-27(45-2)20-18-26/h3-8,10-15,17-20H,9,16,21-24H2,1-2H3,(H,38,39,44). The molecule has 47 heavy (non-hydrogen) atoms. The Kier molecular flexibility index (Phi) is 11.1. The van der Waals surface area contributed by atoms with Gasteiger partial charge in [0.2, 0.25) is 11.9 Å². The van der Waals surface area contributed by atoms with Gasteiger partial charge in [-0.2, -0.15) is 0 Å². The van der Waals surface area contributed by atoms with Crippen molar-refractivity contribution in [1.29, 1.82) is 0 Å². The van der Waals surface area contributed by atoms with E-state index in [0.29, 0.717) is 53.8 Å². The van der Waals surface area contributed by atoms with Crippen molar-refractivity contribution in [2.45, 2.75) is 25.9 Å². The fourth-order valence-electron chi connectivity index (χ4n) is 4.94. The van der Waals surface area contributed by atoms with Gasteiger partial charge in [-0.05, 0) is 60.5 Å². The maximum Gasteiger partial charge on any atom is 0.331 e. The van der Waals surface area contributed by atoms with Gasteiger partial charge < -0.3 is 24.0 Å². The van der Waals surface area contributed by atoms with Crippen LogP contribution in [-0.2, 0) is 22.7 Å².